The minimum Gasteiger partial charge on any atom is -0.371 e. The van der Waals surface area contributed by atoms with Gasteiger partial charge in [-0.1, -0.05) is 28.1 Å². The molecule has 1 rings (SSSR count). The summed E-state index contributed by atoms with van der Waals surface area (Å²) in [6.07, 6.45) is -4.33. The number of alkyl halides is 4. The van der Waals surface area contributed by atoms with Gasteiger partial charge in [0, 0.05) is 0 Å². The fourth-order valence-electron chi connectivity index (χ4n) is 1.24. The first-order valence-corrected chi connectivity index (χ1v) is 5.76. The highest BCUT2D eigenvalue weighted by Crippen LogP contribution is 2.25. The van der Waals surface area contributed by atoms with E-state index in [0.717, 1.165) is 0 Å². The van der Waals surface area contributed by atoms with Gasteiger partial charge in [-0.2, -0.15) is 13.2 Å². The molecule has 1 unspecified atom stereocenters. The lowest BCUT2D eigenvalue weighted by atomic mass is 10.1. The number of benzene rings is 1. The van der Waals surface area contributed by atoms with Gasteiger partial charge in [0.05, 0.1) is 11.4 Å². The molecule has 0 amide bonds. The molecule has 0 radical (unpaired) electrons. The van der Waals surface area contributed by atoms with E-state index in [-0.39, 0.29) is 17.3 Å². The van der Waals surface area contributed by atoms with E-state index in [9.17, 15) is 17.6 Å². The minimum atomic E-state index is -4.33. The first-order chi connectivity index (χ1) is 7.79. The molecule has 0 aliphatic rings. The number of hydrogen-bond acceptors (Lipinski definition) is 1. The van der Waals surface area contributed by atoms with E-state index in [1.165, 1.54) is 12.1 Å². The van der Waals surface area contributed by atoms with Crippen molar-refractivity contribution in [3.63, 3.8) is 0 Å². The molecule has 17 heavy (non-hydrogen) atoms. The highest BCUT2D eigenvalue weighted by Gasteiger charge is 2.27. The number of halogens is 5. The van der Waals surface area contributed by atoms with Gasteiger partial charge in [-0.15, -0.1) is 0 Å². The van der Waals surface area contributed by atoms with Crippen LogP contribution in [-0.2, 0) is 4.74 Å². The van der Waals surface area contributed by atoms with Gasteiger partial charge in [0.2, 0.25) is 0 Å². The van der Waals surface area contributed by atoms with Crippen molar-refractivity contribution in [1.82, 2.24) is 0 Å². The van der Waals surface area contributed by atoms with E-state index >= 15 is 0 Å². The fraction of sp³-hybridized carbons (Fsp3) is 0.455. The fourth-order valence-corrected chi connectivity index (χ4v) is 1.71. The Morgan fingerprint density at radius 2 is 2.00 bits per heavy atom. The molecule has 6 heteroatoms. The van der Waals surface area contributed by atoms with Gasteiger partial charge in [0.25, 0.3) is 0 Å². The SMILES string of the molecule is Cc1cc(C(Br)COCC(F)(F)F)ccc1F. The smallest absolute Gasteiger partial charge is 0.371 e. The molecule has 1 aromatic carbocycles. The van der Waals surface area contributed by atoms with E-state index < -0.39 is 12.8 Å². The van der Waals surface area contributed by atoms with Crippen LogP contribution >= 0.6 is 15.9 Å². The second kappa shape index (κ2) is 5.82. The van der Waals surface area contributed by atoms with Crippen molar-refractivity contribution in [2.75, 3.05) is 13.2 Å². The summed E-state index contributed by atoms with van der Waals surface area (Å²) >= 11 is 3.20. The molecule has 0 N–H and O–H groups in total. The summed E-state index contributed by atoms with van der Waals surface area (Å²) in [5, 5.41) is 0. The molecule has 0 heterocycles. The van der Waals surface area contributed by atoms with Gasteiger partial charge in [0.1, 0.15) is 12.4 Å². The van der Waals surface area contributed by atoms with Crippen molar-refractivity contribution in [3.8, 4) is 0 Å². The normalized spacial score (nSPS) is 13.8. The third-order valence-electron chi connectivity index (χ3n) is 2.07. The Hall–Kier alpha value is -0.620. The highest BCUT2D eigenvalue weighted by atomic mass is 79.9. The summed E-state index contributed by atoms with van der Waals surface area (Å²) < 4.78 is 53.0. The molecule has 0 saturated heterocycles. The summed E-state index contributed by atoms with van der Waals surface area (Å²) in [5.74, 6) is -0.343. The molecule has 96 valence electrons. The van der Waals surface area contributed by atoms with Crippen LogP contribution in [0.1, 0.15) is 16.0 Å². The topological polar surface area (TPSA) is 9.23 Å². The number of aryl methyl sites for hydroxylation is 1. The Balaban J connectivity index is 2.52. The number of ether oxygens (including phenoxy) is 1. The van der Waals surface area contributed by atoms with Gasteiger partial charge in [-0.05, 0) is 24.1 Å². The monoisotopic (exact) mass is 314 g/mol. The molecule has 0 spiro atoms. The molecular weight excluding hydrogens is 304 g/mol. The van der Waals surface area contributed by atoms with Gasteiger partial charge in [-0.3, -0.25) is 0 Å². The second-order valence-electron chi connectivity index (χ2n) is 3.61. The molecule has 0 saturated carbocycles. The minimum absolute atomic E-state index is 0.120. The van der Waals surface area contributed by atoms with E-state index in [4.69, 9.17) is 0 Å². The Bertz CT molecular complexity index is 378. The molecule has 1 atom stereocenters. The van der Waals surface area contributed by atoms with E-state index in [0.29, 0.717) is 11.1 Å². The Morgan fingerprint density at radius 3 is 2.53 bits per heavy atom. The molecule has 0 aliphatic heterocycles. The predicted octanol–water partition coefficient (Wildman–Crippen LogP) is 4.15. The molecule has 0 bridgehead atoms. The van der Waals surface area contributed by atoms with E-state index in [1.807, 2.05) is 0 Å². The predicted molar refractivity (Wildman–Crippen MR) is 59.7 cm³/mol. The molecule has 1 aromatic rings. The molecule has 0 aromatic heterocycles. The lowest BCUT2D eigenvalue weighted by molar-refractivity contribution is -0.173. The Kier molecular flexibility index (Phi) is 4.94. The second-order valence-corrected chi connectivity index (χ2v) is 4.71. The zero-order valence-corrected chi connectivity index (χ0v) is 10.6. The third-order valence-corrected chi connectivity index (χ3v) is 2.87. The van der Waals surface area contributed by atoms with Gasteiger partial charge < -0.3 is 4.74 Å². The van der Waals surface area contributed by atoms with E-state index in [2.05, 4.69) is 20.7 Å². The zero-order valence-electron chi connectivity index (χ0n) is 9.02. The van der Waals surface area contributed by atoms with Crippen molar-refractivity contribution in [2.24, 2.45) is 0 Å². The largest absolute Gasteiger partial charge is 0.411 e. The maximum atomic E-state index is 13.0. The van der Waals surface area contributed by atoms with Crippen molar-refractivity contribution < 1.29 is 22.3 Å². The van der Waals surface area contributed by atoms with Crippen molar-refractivity contribution in [2.45, 2.75) is 17.9 Å². The van der Waals surface area contributed by atoms with Crippen LogP contribution in [0, 0.1) is 12.7 Å². The zero-order chi connectivity index (χ0) is 13.1. The number of hydrogen-bond donors (Lipinski definition) is 0. The van der Waals surface area contributed by atoms with Crippen LogP contribution < -0.4 is 0 Å². The van der Waals surface area contributed by atoms with Crippen LogP contribution in [0.15, 0.2) is 18.2 Å². The maximum Gasteiger partial charge on any atom is 0.411 e. The molecule has 1 nitrogen and oxygen atoms in total. The average molecular weight is 315 g/mol. The van der Waals surface area contributed by atoms with Crippen molar-refractivity contribution in [1.29, 1.82) is 0 Å². The lowest BCUT2D eigenvalue weighted by Crippen LogP contribution is -2.18. The third kappa shape index (κ3) is 5.04. The van der Waals surface area contributed by atoms with E-state index in [1.54, 1.807) is 13.0 Å². The first-order valence-electron chi connectivity index (χ1n) is 4.84. The molecule has 0 aliphatic carbocycles. The van der Waals surface area contributed by atoms with Crippen molar-refractivity contribution >= 4 is 15.9 Å². The first kappa shape index (κ1) is 14.4. The molecule has 0 fully saturated rings. The summed E-state index contributed by atoms with van der Waals surface area (Å²) in [6.45, 7) is 0.189. The van der Waals surface area contributed by atoms with Crippen LogP contribution in [0.25, 0.3) is 0 Å². The molecular formula is C11H11BrF4O. The van der Waals surface area contributed by atoms with Gasteiger partial charge in [-0.25, -0.2) is 4.39 Å². The van der Waals surface area contributed by atoms with Crippen molar-refractivity contribution in [3.05, 3.63) is 35.1 Å². The number of rotatable bonds is 4. The van der Waals surface area contributed by atoms with Crippen LogP contribution in [-0.4, -0.2) is 19.4 Å². The summed E-state index contributed by atoms with van der Waals surface area (Å²) in [6, 6.07) is 4.37. The quantitative estimate of drug-likeness (QED) is 0.599. The van der Waals surface area contributed by atoms with Gasteiger partial charge >= 0.3 is 6.18 Å². The average Bonchev–Trinajstić information content (AvgIpc) is 2.20. The summed E-state index contributed by atoms with van der Waals surface area (Å²) in [5.41, 5.74) is 1.13. The summed E-state index contributed by atoms with van der Waals surface area (Å²) in [4.78, 5) is -0.385. The Labute approximate surface area is 105 Å². The summed E-state index contributed by atoms with van der Waals surface area (Å²) in [7, 11) is 0. The van der Waals surface area contributed by atoms with Crippen LogP contribution in [0.5, 0.6) is 0 Å². The van der Waals surface area contributed by atoms with Crippen LogP contribution in [0.2, 0.25) is 0 Å². The van der Waals surface area contributed by atoms with Crippen LogP contribution in [0.4, 0.5) is 17.6 Å². The maximum absolute atomic E-state index is 13.0. The lowest BCUT2D eigenvalue weighted by Gasteiger charge is -2.13. The standard InChI is InChI=1S/C11H11BrF4O/c1-7-4-8(2-3-10(7)13)9(12)5-17-6-11(14,15)16/h2-4,9H,5-6H2,1H3. The highest BCUT2D eigenvalue weighted by molar-refractivity contribution is 9.09. The van der Waals surface area contributed by atoms with Crippen LogP contribution in [0.3, 0.4) is 0 Å². The Morgan fingerprint density at radius 1 is 1.35 bits per heavy atom. The van der Waals surface area contributed by atoms with Gasteiger partial charge in [0.15, 0.2) is 0 Å².